The number of alkyl halides is 2. The van der Waals surface area contributed by atoms with E-state index in [1.807, 2.05) is 0 Å². The van der Waals surface area contributed by atoms with Crippen molar-refractivity contribution in [3.8, 4) is 0 Å². The molecule has 0 aromatic heterocycles. The number of esters is 1. The Bertz CT molecular complexity index is 357. The lowest BCUT2D eigenvalue weighted by molar-refractivity contribution is -0.188. The van der Waals surface area contributed by atoms with Crippen molar-refractivity contribution < 1.29 is 23.4 Å². The predicted molar refractivity (Wildman–Crippen MR) is 97.8 cm³/mol. The van der Waals surface area contributed by atoms with Gasteiger partial charge in [0, 0.05) is 0 Å². The molecule has 1 atom stereocenters. The Labute approximate surface area is 151 Å². The molecule has 0 rings (SSSR count). The van der Waals surface area contributed by atoms with Gasteiger partial charge in [-0.25, -0.2) is 4.79 Å². The molecule has 1 unspecified atom stereocenters. The van der Waals surface area contributed by atoms with E-state index in [-0.39, 0.29) is 13.0 Å². The highest BCUT2D eigenvalue weighted by Gasteiger charge is 2.47. The maximum atomic E-state index is 13.5. The van der Waals surface area contributed by atoms with Crippen molar-refractivity contribution in [2.24, 2.45) is 0 Å². The van der Waals surface area contributed by atoms with Crippen molar-refractivity contribution in [1.82, 2.24) is 0 Å². The van der Waals surface area contributed by atoms with Crippen LogP contribution in [0.25, 0.3) is 0 Å². The van der Waals surface area contributed by atoms with Gasteiger partial charge >= 0.3 is 11.9 Å². The molecule has 25 heavy (non-hydrogen) atoms. The van der Waals surface area contributed by atoms with Gasteiger partial charge in [-0.05, 0) is 32.6 Å². The number of hydrogen-bond acceptors (Lipinski definition) is 3. The number of aliphatic hydroxyl groups excluding tert-OH is 1. The minimum absolute atomic E-state index is 0.0750. The van der Waals surface area contributed by atoms with Gasteiger partial charge in [0.25, 0.3) is 0 Å². The summed E-state index contributed by atoms with van der Waals surface area (Å²) in [6, 6.07) is 0. The molecule has 0 aromatic rings. The molecule has 1 N–H and O–H groups in total. The van der Waals surface area contributed by atoms with E-state index in [9.17, 15) is 18.7 Å². The summed E-state index contributed by atoms with van der Waals surface area (Å²) in [5.74, 6) is -5.44. The summed E-state index contributed by atoms with van der Waals surface area (Å²) in [5.41, 5.74) is 0. The molecule has 0 fully saturated rings. The zero-order chi connectivity index (χ0) is 19.0. The number of rotatable bonds is 16. The third-order valence-electron chi connectivity index (χ3n) is 4.21. The van der Waals surface area contributed by atoms with Crippen LogP contribution in [0.3, 0.4) is 0 Å². The number of carbonyl (C=O) groups is 1. The van der Waals surface area contributed by atoms with Gasteiger partial charge in [-0.2, -0.15) is 8.78 Å². The summed E-state index contributed by atoms with van der Waals surface area (Å²) < 4.78 is 31.3. The molecule has 0 radical (unpaired) electrons. The molecule has 0 aliphatic carbocycles. The fraction of sp³-hybridized carbons (Fsp3) is 0.850. The van der Waals surface area contributed by atoms with Gasteiger partial charge in [-0.3, -0.25) is 0 Å². The molecule has 0 saturated heterocycles. The van der Waals surface area contributed by atoms with E-state index < -0.39 is 18.0 Å². The number of carbonyl (C=O) groups excluding carboxylic acids is 1. The zero-order valence-electron chi connectivity index (χ0n) is 15.9. The average molecular weight is 363 g/mol. The van der Waals surface area contributed by atoms with Crippen LogP contribution in [0.1, 0.15) is 90.9 Å². The normalized spacial score (nSPS) is 13.3. The maximum absolute atomic E-state index is 13.5. The number of aliphatic hydroxyl groups is 1. The molecule has 3 nitrogen and oxygen atoms in total. The Morgan fingerprint density at radius 3 is 2.04 bits per heavy atom. The van der Waals surface area contributed by atoms with Crippen molar-refractivity contribution in [3.63, 3.8) is 0 Å². The van der Waals surface area contributed by atoms with E-state index in [4.69, 9.17) is 0 Å². The first-order valence-electron chi connectivity index (χ1n) is 9.84. The van der Waals surface area contributed by atoms with E-state index in [1.54, 1.807) is 0 Å². The molecular formula is C20H36F2O3. The molecule has 0 aliphatic rings. The van der Waals surface area contributed by atoms with Crippen LogP contribution < -0.4 is 0 Å². The van der Waals surface area contributed by atoms with Gasteiger partial charge in [0.15, 0.2) is 0 Å². The lowest BCUT2D eigenvalue weighted by Crippen LogP contribution is -2.42. The van der Waals surface area contributed by atoms with Crippen molar-refractivity contribution in [3.05, 3.63) is 12.2 Å². The van der Waals surface area contributed by atoms with Crippen molar-refractivity contribution >= 4 is 5.97 Å². The van der Waals surface area contributed by atoms with Crippen LogP contribution in [0.5, 0.6) is 0 Å². The molecule has 5 heteroatoms. The minimum Gasteiger partial charge on any atom is -0.461 e. The number of halogens is 2. The standard InChI is InChI=1S/C20H36F2O3/c1-3-5-6-7-8-9-10-11-12-13-14-15-16-17-18(23)20(21,22)19(24)25-4-2/h7-8,18,23H,3-6,9-17H2,1-2H3/b8-7-. The lowest BCUT2D eigenvalue weighted by atomic mass is 10.0. The Morgan fingerprint density at radius 1 is 0.960 bits per heavy atom. The molecule has 0 amide bonds. The van der Waals surface area contributed by atoms with Gasteiger partial charge in [-0.1, -0.05) is 70.4 Å². The summed E-state index contributed by atoms with van der Waals surface area (Å²) >= 11 is 0. The molecule has 0 saturated carbocycles. The van der Waals surface area contributed by atoms with E-state index in [0.29, 0.717) is 6.42 Å². The summed E-state index contributed by atoms with van der Waals surface area (Å²) in [5, 5.41) is 9.49. The van der Waals surface area contributed by atoms with Crippen molar-refractivity contribution in [2.45, 2.75) is 103 Å². The highest BCUT2D eigenvalue weighted by Crippen LogP contribution is 2.25. The van der Waals surface area contributed by atoms with Crippen molar-refractivity contribution in [1.29, 1.82) is 0 Å². The quantitative estimate of drug-likeness (QED) is 0.214. The molecule has 0 aromatic carbocycles. The first kappa shape index (κ1) is 24.0. The van der Waals surface area contributed by atoms with Crippen LogP contribution in [-0.2, 0) is 9.53 Å². The van der Waals surface area contributed by atoms with E-state index in [2.05, 4.69) is 23.8 Å². The minimum atomic E-state index is -3.80. The first-order valence-corrected chi connectivity index (χ1v) is 9.84. The molecule has 0 bridgehead atoms. The number of allylic oxidation sites excluding steroid dienone is 2. The Balaban J connectivity index is 3.54. The topological polar surface area (TPSA) is 46.5 Å². The molecule has 148 valence electrons. The van der Waals surface area contributed by atoms with Gasteiger partial charge in [0.2, 0.25) is 0 Å². The van der Waals surface area contributed by atoms with E-state index in [0.717, 1.165) is 32.1 Å². The van der Waals surface area contributed by atoms with Gasteiger partial charge in [0.1, 0.15) is 6.10 Å². The third-order valence-corrected chi connectivity index (χ3v) is 4.21. The summed E-state index contributed by atoms with van der Waals surface area (Å²) in [7, 11) is 0. The summed E-state index contributed by atoms with van der Waals surface area (Å²) in [6.07, 6.45) is 14.2. The Morgan fingerprint density at radius 2 is 1.48 bits per heavy atom. The highest BCUT2D eigenvalue weighted by atomic mass is 19.3. The van der Waals surface area contributed by atoms with E-state index >= 15 is 0 Å². The fourth-order valence-electron chi connectivity index (χ4n) is 2.59. The van der Waals surface area contributed by atoms with Gasteiger partial charge < -0.3 is 9.84 Å². The van der Waals surface area contributed by atoms with Crippen molar-refractivity contribution in [2.75, 3.05) is 6.61 Å². The van der Waals surface area contributed by atoms with Crippen LogP contribution in [-0.4, -0.2) is 29.7 Å². The van der Waals surface area contributed by atoms with Crippen LogP contribution >= 0.6 is 0 Å². The average Bonchev–Trinajstić information content (AvgIpc) is 2.58. The monoisotopic (exact) mass is 362 g/mol. The zero-order valence-corrected chi connectivity index (χ0v) is 15.9. The van der Waals surface area contributed by atoms with Gasteiger partial charge in [0.05, 0.1) is 6.61 Å². The molecule has 0 heterocycles. The second-order valence-electron chi connectivity index (χ2n) is 6.53. The largest absolute Gasteiger partial charge is 0.461 e. The number of hydrogen-bond donors (Lipinski definition) is 1. The predicted octanol–water partition coefficient (Wildman–Crippen LogP) is 5.80. The van der Waals surface area contributed by atoms with E-state index in [1.165, 1.54) is 39.0 Å². The van der Waals surface area contributed by atoms with Crippen LogP contribution in [0.15, 0.2) is 12.2 Å². The first-order chi connectivity index (χ1) is 12.0. The third kappa shape index (κ3) is 12.1. The number of unbranched alkanes of at least 4 members (excludes halogenated alkanes) is 9. The molecule has 0 spiro atoms. The van der Waals surface area contributed by atoms with Gasteiger partial charge in [-0.15, -0.1) is 0 Å². The Kier molecular flexibility index (Phi) is 14.7. The van der Waals surface area contributed by atoms with Crippen LogP contribution in [0.4, 0.5) is 8.78 Å². The van der Waals surface area contributed by atoms with Crippen LogP contribution in [0, 0.1) is 0 Å². The smallest absolute Gasteiger partial charge is 0.379 e. The molecular weight excluding hydrogens is 326 g/mol. The lowest BCUT2D eigenvalue weighted by Gasteiger charge is -2.20. The maximum Gasteiger partial charge on any atom is 0.379 e. The summed E-state index contributed by atoms with van der Waals surface area (Å²) in [4.78, 5) is 11.1. The second-order valence-corrected chi connectivity index (χ2v) is 6.53. The highest BCUT2D eigenvalue weighted by molar-refractivity contribution is 5.78. The number of ether oxygens (including phenoxy) is 1. The Hall–Kier alpha value is -0.970. The fourth-order valence-corrected chi connectivity index (χ4v) is 2.59. The second kappa shape index (κ2) is 15.3. The SMILES string of the molecule is CCCC/C=C\CCCCCCCCCC(O)C(F)(F)C(=O)OCC. The van der Waals surface area contributed by atoms with Crippen LogP contribution in [0.2, 0.25) is 0 Å². The molecule has 0 aliphatic heterocycles. The summed E-state index contributed by atoms with van der Waals surface area (Å²) in [6.45, 7) is 3.54.